The van der Waals surface area contributed by atoms with Crippen molar-refractivity contribution in [1.82, 2.24) is 5.32 Å². The number of aliphatic imine (C=N–C) groups is 1. The van der Waals surface area contributed by atoms with Gasteiger partial charge in [0.2, 0.25) is 0 Å². The molecule has 33 heavy (non-hydrogen) atoms. The number of amidine groups is 1. The minimum Gasteiger partial charge on any atom is -0.386 e. The van der Waals surface area contributed by atoms with E-state index in [2.05, 4.69) is 31.3 Å². The zero-order valence-corrected chi connectivity index (χ0v) is 21.2. The van der Waals surface area contributed by atoms with Gasteiger partial charge in [-0.15, -0.1) is 23.5 Å². The third-order valence-electron chi connectivity index (χ3n) is 7.23. The van der Waals surface area contributed by atoms with Crippen molar-refractivity contribution >= 4 is 29.4 Å². The van der Waals surface area contributed by atoms with Crippen LogP contribution in [0.25, 0.3) is 0 Å². The van der Waals surface area contributed by atoms with Gasteiger partial charge in [-0.3, -0.25) is 0 Å². The van der Waals surface area contributed by atoms with E-state index in [1.54, 1.807) is 23.5 Å². The number of allylic oxidation sites excluding steroid dienone is 1. The lowest BCUT2D eigenvalue weighted by atomic mass is 9.55. The van der Waals surface area contributed by atoms with E-state index in [0.717, 1.165) is 73.3 Å². The Morgan fingerprint density at radius 3 is 2.30 bits per heavy atom. The van der Waals surface area contributed by atoms with Gasteiger partial charge in [0.15, 0.2) is 15.0 Å². The topological polar surface area (TPSA) is 98.0 Å². The first-order valence-electron chi connectivity index (χ1n) is 12.1. The number of hydrogen-bond acceptors (Lipinski definition) is 7. The summed E-state index contributed by atoms with van der Waals surface area (Å²) in [6.45, 7) is 4.36. The molecule has 0 fully saturated rings. The molecule has 3 N–H and O–H groups in total. The second kappa shape index (κ2) is 9.65. The molecule has 3 atom stereocenters. The summed E-state index contributed by atoms with van der Waals surface area (Å²) in [5, 5.41) is 25.7. The van der Waals surface area contributed by atoms with Crippen LogP contribution >= 0.6 is 23.5 Å². The monoisotopic (exact) mass is 479 g/mol. The van der Waals surface area contributed by atoms with E-state index >= 15 is 0 Å². The quantitative estimate of drug-likeness (QED) is 0.339. The Labute approximate surface area is 206 Å². The molecule has 1 aromatic carbocycles. The summed E-state index contributed by atoms with van der Waals surface area (Å²) in [5.41, 5.74) is 7.58. The number of rotatable bonds is 9. The molecule has 3 aliphatic rings. The second-order valence-corrected chi connectivity index (χ2v) is 11.9. The molecule has 0 amide bonds. The van der Waals surface area contributed by atoms with E-state index in [0.29, 0.717) is 5.84 Å². The summed E-state index contributed by atoms with van der Waals surface area (Å²) < 4.78 is -0.814. The summed E-state index contributed by atoms with van der Waals surface area (Å²) in [4.78, 5) is 5.13. The Hall–Kier alpha value is -2.09. The number of fused-ring (bicyclic) bond motifs is 2. The smallest absolute Gasteiger partial charge is 0.178 e. The number of benzene rings is 1. The molecule has 0 saturated heterocycles. The lowest BCUT2D eigenvalue weighted by Gasteiger charge is -2.52. The molecule has 0 saturated carbocycles. The first-order valence-corrected chi connectivity index (χ1v) is 14.0. The number of unbranched alkanes of at least 4 members (excludes halogenated alkanes) is 2. The molecule has 0 spiro atoms. The Balaban J connectivity index is 1.97. The first-order chi connectivity index (χ1) is 16.1. The molecule has 0 unspecified atom stereocenters. The lowest BCUT2D eigenvalue weighted by Crippen LogP contribution is -2.61. The van der Waals surface area contributed by atoms with Crippen LogP contribution in [-0.2, 0) is 0 Å². The molecular formula is C26H33N5S2. The van der Waals surface area contributed by atoms with Crippen LogP contribution in [-0.4, -0.2) is 21.5 Å². The van der Waals surface area contributed by atoms with E-state index in [-0.39, 0.29) is 0 Å². The highest BCUT2D eigenvalue weighted by atomic mass is 32.2. The highest BCUT2D eigenvalue weighted by Gasteiger charge is 2.77. The number of nitrogens with zero attached hydrogens (tertiary/aromatic N) is 3. The van der Waals surface area contributed by atoms with E-state index in [9.17, 15) is 10.5 Å². The molecule has 0 bridgehead atoms. The first kappa shape index (κ1) is 24.0. The highest BCUT2D eigenvalue weighted by Crippen LogP contribution is 2.72. The van der Waals surface area contributed by atoms with Crippen LogP contribution in [0.5, 0.6) is 0 Å². The molecule has 174 valence electrons. The Bertz CT molecular complexity index is 1010. The van der Waals surface area contributed by atoms with Crippen LogP contribution in [0.3, 0.4) is 0 Å². The zero-order valence-electron chi connectivity index (χ0n) is 19.6. The molecule has 2 heterocycles. The van der Waals surface area contributed by atoms with Crippen molar-refractivity contribution in [3.05, 3.63) is 47.2 Å². The molecule has 7 heteroatoms. The fourth-order valence-corrected chi connectivity index (χ4v) is 9.28. The minimum atomic E-state index is -1.26. The Kier molecular flexibility index (Phi) is 7.03. The van der Waals surface area contributed by atoms with Crippen LogP contribution < -0.4 is 11.1 Å². The standard InChI is InChI=1S/C26H33N5S2/c1-3-5-15-32-26(33-16-6-4-2)25(18-28)20-13-10-14-21(20)30-22(19-11-8-7-9-12-19)24(25,17-27)23(29)31-26/h7-9,11-12,22,30H,3-6,10,13-16H2,1-2H3,(H2,29,31)/t22-,24-,25-/m0/s1. The third-order valence-corrected chi connectivity index (χ3v) is 10.5. The summed E-state index contributed by atoms with van der Waals surface area (Å²) >= 11 is 3.48. The predicted molar refractivity (Wildman–Crippen MR) is 138 cm³/mol. The van der Waals surface area contributed by atoms with Crippen LogP contribution in [0.4, 0.5) is 0 Å². The fourth-order valence-electron chi connectivity index (χ4n) is 5.61. The van der Waals surface area contributed by atoms with Crippen molar-refractivity contribution in [3.8, 4) is 12.1 Å². The van der Waals surface area contributed by atoms with Gasteiger partial charge in [-0.25, -0.2) is 4.99 Å². The average Bonchev–Trinajstić information content (AvgIpc) is 3.39. The number of thioether (sulfide) groups is 2. The van der Waals surface area contributed by atoms with Gasteiger partial charge in [-0.05, 0) is 54.7 Å². The summed E-state index contributed by atoms with van der Waals surface area (Å²) in [7, 11) is 0. The van der Waals surface area contributed by atoms with Crippen molar-refractivity contribution in [2.45, 2.75) is 69.0 Å². The van der Waals surface area contributed by atoms with Crippen molar-refractivity contribution in [2.75, 3.05) is 11.5 Å². The second-order valence-electron chi connectivity index (χ2n) is 9.06. The predicted octanol–water partition coefficient (Wildman–Crippen LogP) is 5.88. The zero-order chi connectivity index (χ0) is 23.5. The largest absolute Gasteiger partial charge is 0.386 e. The number of nitrogens with one attached hydrogen (secondary N) is 1. The van der Waals surface area contributed by atoms with E-state index in [1.165, 1.54) is 0 Å². The van der Waals surface area contributed by atoms with Gasteiger partial charge in [0.1, 0.15) is 5.84 Å². The number of nitrogens with two attached hydrogens (primary N) is 1. The maximum absolute atomic E-state index is 11.1. The van der Waals surface area contributed by atoms with Crippen LogP contribution in [0.1, 0.15) is 70.4 Å². The normalized spacial score (nSPS) is 29.5. The molecule has 1 aliphatic carbocycles. The maximum atomic E-state index is 11.1. The summed E-state index contributed by atoms with van der Waals surface area (Å²) in [6.07, 6.45) is 6.94. The SMILES string of the molecule is CCCCSC1(SCCCC)N=C(N)[C@]2(C#N)[C@H](c3ccccc3)NC3=C(CCC3)[C@]12C#N. The lowest BCUT2D eigenvalue weighted by molar-refractivity contribution is 0.200. The van der Waals surface area contributed by atoms with Crippen molar-refractivity contribution in [3.63, 3.8) is 0 Å². The van der Waals surface area contributed by atoms with Gasteiger partial charge in [0, 0.05) is 5.70 Å². The van der Waals surface area contributed by atoms with Gasteiger partial charge < -0.3 is 11.1 Å². The van der Waals surface area contributed by atoms with Crippen molar-refractivity contribution in [2.24, 2.45) is 21.6 Å². The van der Waals surface area contributed by atoms with Gasteiger partial charge in [0.05, 0.1) is 18.2 Å². The molecule has 2 aliphatic heterocycles. The van der Waals surface area contributed by atoms with Crippen molar-refractivity contribution < 1.29 is 0 Å². The Morgan fingerprint density at radius 2 is 1.73 bits per heavy atom. The number of nitriles is 2. The third kappa shape index (κ3) is 3.39. The fraction of sp³-hybridized carbons (Fsp3) is 0.577. The van der Waals surface area contributed by atoms with Crippen LogP contribution in [0.15, 0.2) is 46.6 Å². The average molecular weight is 480 g/mol. The van der Waals surface area contributed by atoms with Crippen LogP contribution in [0.2, 0.25) is 0 Å². The van der Waals surface area contributed by atoms with Crippen molar-refractivity contribution in [1.29, 1.82) is 10.5 Å². The maximum Gasteiger partial charge on any atom is 0.178 e. The molecule has 5 nitrogen and oxygen atoms in total. The molecular weight excluding hydrogens is 446 g/mol. The van der Waals surface area contributed by atoms with Gasteiger partial charge in [-0.2, -0.15) is 10.5 Å². The molecule has 1 aromatic rings. The molecule has 0 aromatic heterocycles. The van der Waals surface area contributed by atoms with Gasteiger partial charge in [-0.1, -0.05) is 57.0 Å². The summed E-state index contributed by atoms with van der Waals surface area (Å²) in [6, 6.07) is 15.0. The van der Waals surface area contributed by atoms with Gasteiger partial charge in [0.25, 0.3) is 0 Å². The Morgan fingerprint density at radius 1 is 1.06 bits per heavy atom. The molecule has 4 rings (SSSR count). The van der Waals surface area contributed by atoms with Gasteiger partial charge >= 0.3 is 0 Å². The molecule has 0 radical (unpaired) electrons. The van der Waals surface area contributed by atoms with E-state index in [4.69, 9.17) is 10.7 Å². The summed E-state index contributed by atoms with van der Waals surface area (Å²) in [5.74, 6) is 2.09. The highest BCUT2D eigenvalue weighted by molar-refractivity contribution is 8.18. The number of hydrogen-bond donors (Lipinski definition) is 2. The minimum absolute atomic E-state index is 0.305. The van der Waals surface area contributed by atoms with Crippen LogP contribution in [0, 0.1) is 33.5 Å². The van der Waals surface area contributed by atoms with E-state index in [1.807, 2.05) is 30.3 Å². The van der Waals surface area contributed by atoms with E-state index < -0.39 is 21.1 Å².